The first-order chi connectivity index (χ1) is 7.34. The standard InChI is InChI=1S/C10H17N5/c1-14-7-9(12-13-14)10-3-2-8-6-11-4-5-15(8)10/h7-8,10-11H,2-6H2,1H3/t8-,10+/m0/s1. The summed E-state index contributed by atoms with van der Waals surface area (Å²) in [6.45, 7) is 3.38. The summed E-state index contributed by atoms with van der Waals surface area (Å²) in [6.07, 6.45) is 4.56. The van der Waals surface area contributed by atoms with Crippen LogP contribution in [0.15, 0.2) is 6.20 Å². The van der Waals surface area contributed by atoms with Crippen molar-refractivity contribution in [3.63, 3.8) is 0 Å². The summed E-state index contributed by atoms with van der Waals surface area (Å²) in [5.41, 5.74) is 1.14. The van der Waals surface area contributed by atoms with E-state index >= 15 is 0 Å². The SMILES string of the molecule is Cn1cc([C@H]2CC[C@H]3CNCCN32)nn1. The molecule has 2 aliphatic heterocycles. The molecule has 0 unspecified atom stereocenters. The van der Waals surface area contributed by atoms with Gasteiger partial charge >= 0.3 is 0 Å². The third-order valence-corrected chi connectivity index (χ3v) is 3.53. The van der Waals surface area contributed by atoms with Gasteiger partial charge in [-0.25, -0.2) is 0 Å². The van der Waals surface area contributed by atoms with Crippen LogP contribution < -0.4 is 5.32 Å². The maximum atomic E-state index is 4.24. The van der Waals surface area contributed by atoms with Crippen LogP contribution in [0.5, 0.6) is 0 Å². The summed E-state index contributed by atoms with van der Waals surface area (Å²) in [6, 6.07) is 1.22. The van der Waals surface area contributed by atoms with Crippen molar-refractivity contribution in [3.8, 4) is 0 Å². The summed E-state index contributed by atoms with van der Waals surface area (Å²) in [7, 11) is 1.93. The van der Waals surface area contributed by atoms with Gasteiger partial charge in [-0.1, -0.05) is 5.21 Å². The van der Waals surface area contributed by atoms with Crippen LogP contribution in [-0.2, 0) is 7.05 Å². The molecule has 3 heterocycles. The van der Waals surface area contributed by atoms with Gasteiger partial charge in [0.05, 0.1) is 11.7 Å². The summed E-state index contributed by atoms with van der Waals surface area (Å²) >= 11 is 0. The minimum Gasteiger partial charge on any atom is -0.314 e. The highest BCUT2D eigenvalue weighted by Gasteiger charge is 2.36. The summed E-state index contributed by atoms with van der Waals surface area (Å²) in [4.78, 5) is 2.58. The average molecular weight is 207 g/mol. The van der Waals surface area contributed by atoms with Crippen molar-refractivity contribution in [2.45, 2.75) is 24.9 Å². The first kappa shape index (κ1) is 9.30. The van der Waals surface area contributed by atoms with Crippen LogP contribution in [0.2, 0.25) is 0 Å². The van der Waals surface area contributed by atoms with Crippen LogP contribution in [-0.4, -0.2) is 45.6 Å². The van der Waals surface area contributed by atoms with E-state index < -0.39 is 0 Å². The Kier molecular flexibility index (Phi) is 2.21. The maximum absolute atomic E-state index is 4.24. The molecular weight excluding hydrogens is 190 g/mol. The van der Waals surface area contributed by atoms with Crippen molar-refractivity contribution in [1.29, 1.82) is 0 Å². The second-order valence-corrected chi connectivity index (χ2v) is 4.51. The Morgan fingerprint density at radius 3 is 3.20 bits per heavy atom. The lowest BCUT2D eigenvalue weighted by Crippen LogP contribution is -2.48. The molecule has 2 atom stereocenters. The molecular formula is C10H17N5. The fraction of sp³-hybridized carbons (Fsp3) is 0.800. The van der Waals surface area contributed by atoms with Crippen molar-refractivity contribution in [2.75, 3.05) is 19.6 Å². The molecule has 2 saturated heterocycles. The highest BCUT2D eigenvalue weighted by atomic mass is 15.4. The molecule has 3 rings (SSSR count). The van der Waals surface area contributed by atoms with Gasteiger partial charge in [0, 0.05) is 38.9 Å². The number of rotatable bonds is 1. The van der Waals surface area contributed by atoms with Gasteiger partial charge in [-0.2, -0.15) is 0 Å². The minimum atomic E-state index is 0.505. The predicted octanol–water partition coefficient (Wildman–Crippen LogP) is -0.0762. The van der Waals surface area contributed by atoms with Crippen LogP contribution in [0.1, 0.15) is 24.6 Å². The highest BCUT2D eigenvalue weighted by molar-refractivity contribution is 5.07. The molecule has 0 spiro atoms. The lowest BCUT2D eigenvalue weighted by Gasteiger charge is -2.33. The summed E-state index contributed by atoms with van der Waals surface area (Å²) < 4.78 is 1.80. The highest BCUT2D eigenvalue weighted by Crippen LogP contribution is 2.35. The third-order valence-electron chi connectivity index (χ3n) is 3.53. The van der Waals surface area contributed by atoms with Crippen molar-refractivity contribution in [3.05, 3.63) is 11.9 Å². The molecule has 1 aromatic heterocycles. The van der Waals surface area contributed by atoms with Gasteiger partial charge in [0.15, 0.2) is 0 Å². The second-order valence-electron chi connectivity index (χ2n) is 4.51. The number of hydrogen-bond acceptors (Lipinski definition) is 4. The lowest BCUT2D eigenvalue weighted by molar-refractivity contribution is 0.159. The van der Waals surface area contributed by atoms with Crippen LogP contribution in [0.4, 0.5) is 0 Å². The quantitative estimate of drug-likeness (QED) is 0.700. The third kappa shape index (κ3) is 1.55. The molecule has 5 nitrogen and oxygen atoms in total. The lowest BCUT2D eigenvalue weighted by atomic mass is 10.1. The van der Waals surface area contributed by atoms with E-state index in [0.29, 0.717) is 12.1 Å². The van der Waals surface area contributed by atoms with Crippen LogP contribution in [0.25, 0.3) is 0 Å². The number of nitrogens with zero attached hydrogens (tertiary/aromatic N) is 4. The van der Waals surface area contributed by atoms with E-state index in [4.69, 9.17) is 0 Å². The van der Waals surface area contributed by atoms with Gasteiger partial charge in [-0.05, 0) is 12.8 Å². The van der Waals surface area contributed by atoms with E-state index in [2.05, 4.69) is 26.7 Å². The molecule has 5 heteroatoms. The molecule has 2 aliphatic rings. The number of aromatic nitrogens is 3. The molecule has 0 aromatic carbocycles. The number of nitrogens with one attached hydrogen (secondary N) is 1. The van der Waals surface area contributed by atoms with Crippen molar-refractivity contribution in [1.82, 2.24) is 25.2 Å². The van der Waals surface area contributed by atoms with E-state index in [1.165, 1.54) is 12.8 Å². The van der Waals surface area contributed by atoms with E-state index in [1.807, 2.05) is 7.05 Å². The Balaban J connectivity index is 1.82. The molecule has 0 amide bonds. The van der Waals surface area contributed by atoms with E-state index in [1.54, 1.807) is 4.68 Å². The Morgan fingerprint density at radius 2 is 2.40 bits per heavy atom. The van der Waals surface area contributed by atoms with Crippen molar-refractivity contribution in [2.24, 2.45) is 7.05 Å². The Bertz CT molecular complexity index is 347. The van der Waals surface area contributed by atoms with Gasteiger partial charge in [0.25, 0.3) is 0 Å². The molecule has 0 bridgehead atoms. The average Bonchev–Trinajstić information content (AvgIpc) is 2.83. The maximum Gasteiger partial charge on any atom is 0.0998 e. The monoisotopic (exact) mass is 207 g/mol. The van der Waals surface area contributed by atoms with Gasteiger partial charge in [-0.15, -0.1) is 5.10 Å². The Hall–Kier alpha value is -0.940. The molecule has 0 radical (unpaired) electrons. The van der Waals surface area contributed by atoms with E-state index in [-0.39, 0.29) is 0 Å². The number of hydrogen-bond donors (Lipinski definition) is 1. The van der Waals surface area contributed by atoms with Crippen LogP contribution in [0.3, 0.4) is 0 Å². The van der Waals surface area contributed by atoms with Crippen LogP contribution >= 0.6 is 0 Å². The predicted molar refractivity (Wildman–Crippen MR) is 56.3 cm³/mol. The smallest absolute Gasteiger partial charge is 0.0998 e. The Labute approximate surface area is 89.4 Å². The first-order valence-corrected chi connectivity index (χ1v) is 5.67. The zero-order valence-corrected chi connectivity index (χ0v) is 9.06. The molecule has 0 aliphatic carbocycles. The molecule has 15 heavy (non-hydrogen) atoms. The molecule has 0 saturated carbocycles. The number of aryl methyl sites for hydroxylation is 1. The van der Waals surface area contributed by atoms with E-state index in [0.717, 1.165) is 25.3 Å². The van der Waals surface area contributed by atoms with Gasteiger partial charge < -0.3 is 5.32 Å². The zero-order valence-electron chi connectivity index (χ0n) is 9.06. The van der Waals surface area contributed by atoms with Gasteiger partial charge in [0.1, 0.15) is 0 Å². The Morgan fingerprint density at radius 1 is 1.47 bits per heavy atom. The molecule has 82 valence electrons. The number of fused-ring (bicyclic) bond motifs is 1. The minimum absolute atomic E-state index is 0.505. The zero-order chi connectivity index (χ0) is 10.3. The van der Waals surface area contributed by atoms with Gasteiger partial charge in [0.2, 0.25) is 0 Å². The molecule has 2 fully saturated rings. The second kappa shape index (κ2) is 3.57. The first-order valence-electron chi connectivity index (χ1n) is 5.67. The van der Waals surface area contributed by atoms with E-state index in [9.17, 15) is 0 Å². The fourth-order valence-electron chi connectivity index (χ4n) is 2.81. The molecule has 1 N–H and O–H groups in total. The fourth-order valence-corrected chi connectivity index (χ4v) is 2.81. The van der Waals surface area contributed by atoms with Crippen molar-refractivity contribution < 1.29 is 0 Å². The largest absolute Gasteiger partial charge is 0.314 e. The number of piperazine rings is 1. The molecule has 1 aromatic rings. The normalized spacial score (nSPS) is 31.8. The topological polar surface area (TPSA) is 46.0 Å². The van der Waals surface area contributed by atoms with Crippen molar-refractivity contribution >= 4 is 0 Å². The van der Waals surface area contributed by atoms with Crippen LogP contribution in [0, 0.1) is 0 Å². The summed E-state index contributed by atoms with van der Waals surface area (Å²) in [5, 5.41) is 11.7. The summed E-state index contributed by atoms with van der Waals surface area (Å²) in [5.74, 6) is 0. The van der Waals surface area contributed by atoms with Gasteiger partial charge in [-0.3, -0.25) is 9.58 Å².